The quantitative estimate of drug-likeness (QED) is 0.0602. The number of nitrogens with zero attached hydrogens (tertiary/aromatic N) is 2. The van der Waals surface area contributed by atoms with Gasteiger partial charge in [0.05, 0.1) is 19.2 Å². The van der Waals surface area contributed by atoms with E-state index in [-0.39, 0.29) is 18.3 Å². The Morgan fingerprint density at radius 2 is 1.77 bits per heavy atom. The number of aliphatic imine (C=N–C) groups is 1. The molecule has 1 heterocycles. The van der Waals surface area contributed by atoms with Crippen LogP contribution in [0.5, 0.6) is 0 Å². The summed E-state index contributed by atoms with van der Waals surface area (Å²) in [4.78, 5) is 67.6. The van der Waals surface area contributed by atoms with Crippen LogP contribution in [0, 0.1) is 0 Å². The summed E-state index contributed by atoms with van der Waals surface area (Å²) in [6.07, 6.45) is 1.84. The van der Waals surface area contributed by atoms with Crippen molar-refractivity contribution in [1.29, 1.82) is 0 Å². The Morgan fingerprint density at radius 3 is 2.40 bits per heavy atom. The van der Waals surface area contributed by atoms with Crippen LogP contribution >= 0.6 is 0 Å². The molecule has 11 N–H and O–H groups in total. The van der Waals surface area contributed by atoms with Crippen LogP contribution in [-0.4, -0.2) is 101 Å². The van der Waals surface area contributed by atoms with E-state index < -0.39 is 61.0 Å². The summed E-state index contributed by atoms with van der Waals surface area (Å²) in [5.41, 5.74) is 17.3. The number of guanidine groups is 1. The number of carboxylic acid groups (broad SMARTS) is 1. The number of carbonyl (C=O) groups excluding carboxylic acids is 4. The summed E-state index contributed by atoms with van der Waals surface area (Å²) in [6, 6.07) is 4.35. The molecule has 220 valence electrons. The molecule has 15 heteroatoms. The van der Waals surface area contributed by atoms with Gasteiger partial charge < -0.3 is 48.3 Å². The molecule has 2 rings (SSSR count). The third-order valence-electron chi connectivity index (χ3n) is 6.28. The van der Waals surface area contributed by atoms with Crippen LogP contribution < -0.4 is 33.2 Å². The number of carbonyl (C=O) groups is 5. The summed E-state index contributed by atoms with van der Waals surface area (Å²) in [5.74, 6) is -3.93. The molecule has 0 bridgehead atoms. The highest BCUT2D eigenvalue weighted by Crippen LogP contribution is 2.19. The van der Waals surface area contributed by atoms with Crippen LogP contribution in [0.1, 0.15) is 31.2 Å². The summed E-state index contributed by atoms with van der Waals surface area (Å²) >= 11 is 0. The van der Waals surface area contributed by atoms with Crippen LogP contribution in [-0.2, 0) is 30.4 Å². The summed E-state index contributed by atoms with van der Waals surface area (Å²) < 4.78 is 0. The Balaban J connectivity index is 1.96. The first-order valence-electron chi connectivity index (χ1n) is 12.9. The zero-order valence-electron chi connectivity index (χ0n) is 22.1. The van der Waals surface area contributed by atoms with E-state index in [4.69, 9.17) is 22.3 Å². The Morgan fingerprint density at radius 1 is 1.07 bits per heavy atom. The van der Waals surface area contributed by atoms with Crippen LogP contribution in [0.25, 0.3) is 0 Å². The van der Waals surface area contributed by atoms with Crippen LogP contribution in [0.3, 0.4) is 0 Å². The van der Waals surface area contributed by atoms with E-state index in [0.717, 1.165) is 0 Å². The lowest BCUT2D eigenvalue weighted by Crippen LogP contribution is -2.55. The van der Waals surface area contributed by atoms with Crippen molar-refractivity contribution in [3.05, 3.63) is 35.9 Å². The van der Waals surface area contributed by atoms with E-state index >= 15 is 0 Å². The largest absolute Gasteiger partial charge is 0.480 e. The molecule has 1 aliphatic heterocycles. The molecular formula is C25H38N8O7. The second-order valence-electron chi connectivity index (χ2n) is 9.35. The Labute approximate surface area is 231 Å². The molecule has 0 unspecified atom stereocenters. The van der Waals surface area contributed by atoms with Gasteiger partial charge in [0.1, 0.15) is 18.1 Å². The first kappa shape index (κ1) is 32.0. The fraction of sp³-hybridized carbons (Fsp3) is 0.520. The van der Waals surface area contributed by atoms with Gasteiger partial charge in [0, 0.05) is 19.5 Å². The molecule has 0 spiro atoms. The third kappa shape index (κ3) is 10.1. The average Bonchev–Trinajstić information content (AvgIpc) is 3.42. The van der Waals surface area contributed by atoms with Crippen molar-refractivity contribution in [2.24, 2.45) is 22.2 Å². The Bertz CT molecular complexity index is 1060. The second kappa shape index (κ2) is 16.0. The van der Waals surface area contributed by atoms with E-state index in [1.54, 1.807) is 30.3 Å². The number of hydrogen-bond donors (Lipinski definition) is 8. The number of benzene rings is 1. The van der Waals surface area contributed by atoms with Gasteiger partial charge in [-0.25, -0.2) is 4.79 Å². The third-order valence-corrected chi connectivity index (χ3v) is 6.28. The van der Waals surface area contributed by atoms with Crippen molar-refractivity contribution in [1.82, 2.24) is 20.9 Å². The molecule has 1 fully saturated rings. The van der Waals surface area contributed by atoms with E-state index in [2.05, 4.69) is 20.9 Å². The minimum atomic E-state index is -1.55. The smallest absolute Gasteiger partial charge is 0.328 e. The number of amides is 4. The molecule has 15 nitrogen and oxygen atoms in total. The topological polar surface area (TPSA) is 256 Å². The fourth-order valence-corrected chi connectivity index (χ4v) is 4.21. The zero-order valence-corrected chi connectivity index (χ0v) is 22.1. The summed E-state index contributed by atoms with van der Waals surface area (Å²) in [5, 5.41) is 25.6. The first-order chi connectivity index (χ1) is 19.0. The van der Waals surface area contributed by atoms with Crippen molar-refractivity contribution >= 4 is 35.6 Å². The summed E-state index contributed by atoms with van der Waals surface area (Å²) in [7, 11) is 0. The number of aliphatic hydroxyl groups excluding tert-OH is 1. The van der Waals surface area contributed by atoms with Gasteiger partial charge in [0.25, 0.3) is 0 Å². The van der Waals surface area contributed by atoms with Crippen LogP contribution in [0.4, 0.5) is 0 Å². The lowest BCUT2D eigenvalue weighted by Gasteiger charge is -2.27. The lowest BCUT2D eigenvalue weighted by atomic mass is 10.0. The van der Waals surface area contributed by atoms with Gasteiger partial charge in [0.2, 0.25) is 23.6 Å². The van der Waals surface area contributed by atoms with E-state index in [1.165, 1.54) is 4.90 Å². The number of aliphatic hydroxyl groups is 1. The van der Waals surface area contributed by atoms with Gasteiger partial charge >= 0.3 is 5.97 Å². The highest BCUT2D eigenvalue weighted by molar-refractivity contribution is 5.94. The number of hydrogen-bond acceptors (Lipinski definition) is 8. The molecule has 4 atom stereocenters. The molecule has 1 aromatic rings. The van der Waals surface area contributed by atoms with E-state index in [9.17, 15) is 29.1 Å². The predicted octanol–water partition coefficient (Wildman–Crippen LogP) is -3.24. The van der Waals surface area contributed by atoms with Crippen molar-refractivity contribution in [2.75, 3.05) is 26.2 Å². The number of likely N-dealkylation sites (tertiary alicyclic amines) is 1. The maximum Gasteiger partial charge on any atom is 0.328 e. The van der Waals surface area contributed by atoms with Gasteiger partial charge in [-0.1, -0.05) is 30.3 Å². The molecule has 1 aliphatic rings. The molecule has 40 heavy (non-hydrogen) atoms. The van der Waals surface area contributed by atoms with E-state index in [1.807, 2.05) is 0 Å². The van der Waals surface area contributed by atoms with Gasteiger partial charge in [-0.15, -0.1) is 0 Å². The Hall–Kier alpha value is -4.24. The van der Waals surface area contributed by atoms with Crippen molar-refractivity contribution < 1.29 is 34.2 Å². The highest BCUT2D eigenvalue weighted by Gasteiger charge is 2.36. The van der Waals surface area contributed by atoms with Crippen LogP contribution in [0.15, 0.2) is 35.3 Å². The number of aliphatic carboxylic acids is 1. The molecule has 1 saturated heterocycles. The van der Waals surface area contributed by atoms with Crippen molar-refractivity contribution in [2.45, 2.75) is 56.3 Å². The standard InChI is InChI=1S/C25H38N8O7/c26-16(8-4-10-29-25(27)28)23(38)33-11-5-9-19(33)22(37)30-13-20(35)31-17(12-15-6-2-1-3-7-15)21(36)32-18(14-34)24(39)40/h1-3,6-7,16-19,34H,4-5,8-14,26H2,(H,30,37)(H,31,35)(H,32,36)(H,39,40)(H4,27,28,29)/t16-,17-,18-,19-/m0/s1. The Kier molecular flexibility index (Phi) is 12.8. The lowest BCUT2D eigenvalue weighted by molar-refractivity contribution is -0.143. The summed E-state index contributed by atoms with van der Waals surface area (Å²) in [6.45, 7) is -0.648. The second-order valence-corrected chi connectivity index (χ2v) is 9.35. The molecule has 0 radical (unpaired) electrons. The maximum absolute atomic E-state index is 12.8. The minimum absolute atomic E-state index is 0.0378. The minimum Gasteiger partial charge on any atom is -0.480 e. The SMILES string of the molecule is NC(N)=NCCC[C@H](N)C(=O)N1CCC[C@H]1C(=O)NCC(=O)N[C@@H](Cc1ccccc1)C(=O)N[C@@H](CO)C(=O)O. The fourth-order valence-electron chi connectivity index (χ4n) is 4.21. The monoisotopic (exact) mass is 562 g/mol. The molecule has 0 saturated carbocycles. The predicted molar refractivity (Wildman–Crippen MR) is 144 cm³/mol. The highest BCUT2D eigenvalue weighted by atomic mass is 16.4. The molecule has 0 aromatic heterocycles. The number of nitrogens with two attached hydrogens (primary N) is 3. The molecular weight excluding hydrogens is 524 g/mol. The number of carboxylic acids is 1. The zero-order chi connectivity index (χ0) is 29.7. The van der Waals surface area contributed by atoms with Crippen LogP contribution in [0.2, 0.25) is 0 Å². The number of rotatable bonds is 15. The van der Waals surface area contributed by atoms with Gasteiger partial charge in [0.15, 0.2) is 5.96 Å². The van der Waals surface area contributed by atoms with Gasteiger partial charge in [-0.05, 0) is 31.2 Å². The van der Waals surface area contributed by atoms with Crippen molar-refractivity contribution in [3.63, 3.8) is 0 Å². The first-order valence-corrected chi connectivity index (χ1v) is 12.9. The number of nitrogens with one attached hydrogen (secondary N) is 3. The molecule has 0 aliphatic carbocycles. The molecule has 4 amide bonds. The van der Waals surface area contributed by atoms with Crippen molar-refractivity contribution in [3.8, 4) is 0 Å². The van der Waals surface area contributed by atoms with Gasteiger partial charge in [-0.3, -0.25) is 24.2 Å². The van der Waals surface area contributed by atoms with Gasteiger partial charge in [-0.2, -0.15) is 0 Å². The average molecular weight is 563 g/mol. The van der Waals surface area contributed by atoms with E-state index in [0.29, 0.717) is 44.3 Å². The molecule has 1 aromatic carbocycles. The maximum atomic E-state index is 12.8. The normalized spacial score (nSPS) is 16.8.